The van der Waals surface area contributed by atoms with Crippen molar-refractivity contribution < 1.29 is 4.39 Å². The van der Waals surface area contributed by atoms with Crippen molar-refractivity contribution in [1.82, 2.24) is 0 Å². The molecule has 1 saturated carbocycles. The van der Waals surface area contributed by atoms with Crippen molar-refractivity contribution in [3.8, 4) is 0 Å². The van der Waals surface area contributed by atoms with Gasteiger partial charge in [-0.3, -0.25) is 0 Å². The fourth-order valence-corrected chi connectivity index (χ4v) is 2.41. The van der Waals surface area contributed by atoms with Crippen LogP contribution in [0.2, 0.25) is 0 Å². The van der Waals surface area contributed by atoms with E-state index >= 15 is 0 Å². The summed E-state index contributed by atoms with van der Waals surface area (Å²) in [5.41, 5.74) is 0.768. The molecule has 0 saturated heterocycles. The van der Waals surface area contributed by atoms with Gasteiger partial charge in [0.2, 0.25) is 0 Å². The molecule has 0 nitrogen and oxygen atoms in total. The molecule has 3 heteroatoms. The zero-order valence-corrected chi connectivity index (χ0v) is 10.7. The van der Waals surface area contributed by atoms with Crippen LogP contribution in [0.3, 0.4) is 0 Å². The van der Waals surface area contributed by atoms with E-state index in [1.54, 1.807) is 0 Å². The predicted octanol–water partition coefficient (Wildman–Crippen LogP) is 4.54. The first-order valence-corrected chi connectivity index (χ1v) is 6.48. The molecule has 0 bridgehead atoms. The molecule has 0 aliphatic heterocycles. The van der Waals surface area contributed by atoms with Gasteiger partial charge >= 0.3 is 0 Å². The molecule has 1 fully saturated rings. The van der Waals surface area contributed by atoms with Crippen molar-refractivity contribution in [2.75, 3.05) is 0 Å². The maximum Gasteiger partial charge on any atom is 0.127 e. The Kier molecular flexibility index (Phi) is 3.68. The SMILES string of the molecule is Fc1cc(Br)ccc1CCC(Cl)C1CC1. The van der Waals surface area contributed by atoms with E-state index < -0.39 is 0 Å². The average molecular weight is 292 g/mol. The lowest BCUT2D eigenvalue weighted by atomic mass is 10.1. The van der Waals surface area contributed by atoms with E-state index in [1.165, 1.54) is 18.9 Å². The van der Waals surface area contributed by atoms with Crippen molar-refractivity contribution >= 4 is 27.5 Å². The highest BCUT2D eigenvalue weighted by Gasteiger charge is 2.29. The second-order valence-electron chi connectivity index (χ2n) is 4.13. The van der Waals surface area contributed by atoms with Crippen LogP contribution in [0.25, 0.3) is 0 Å². The van der Waals surface area contributed by atoms with Gasteiger partial charge in [-0.05, 0) is 49.3 Å². The van der Waals surface area contributed by atoms with Crippen molar-refractivity contribution in [2.45, 2.75) is 31.1 Å². The number of benzene rings is 1. The van der Waals surface area contributed by atoms with E-state index in [1.807, 2.05) is 12.1 Å². The molecule has 0 aromatic heterocycles. The summed E-state index contributed by atoms with van der Waals surface area (Å²) in [4.78, 5) is 0. The highest BCUT2D eigenvalue weighted by molar-refractivity contribution is 9.10. The lowest BCUT2D eigenvalue weighted by Gasteiger charge is -2.08. The largest absolute Gasteiger partial charge is 0.207 e. The maximum atomic E-state index is 13.4. The summed E-state index contributed by atoms with van der Waals surface area (Å²) in [7, 11) is 0. The molecule has 1 unspecified atom stereocenters. The number of hydrogen-bond donors (Lipinski definition) is 0. The first kappa shape index (κ1) is 11.4. The molecule has 0 heterocycles. The molecule has 1 aliphatic carbocycles. The minimum Gasteiger partial charge on any atom is -0.207 e. The van der Waals surface area contributed by atoms with Crippen LogP contribution in [0.15, 0.2) is 22.7 Å². The summed E-state index contributed by atoms with van der Waals surface area (Å²) in [5, 5.41) is 0.230. The molecule has 1 atom stereocenters. The molecule has 1 aliphatic rings. The van der Waals surface area contributed by atoms with Crippen LogP contribution in [0.1, 0.15) is 24.8 Å². The fourth-order valence-electron chi connectivity index (χ4n) is 1.71. The Morgan fingerprint density at radius 3 is 2.80 bits per heavy atom. The minimum atomic E-state index is -0.135. The highest BCUT2D eigenvalue weighted by Crippen LogP contribution is 2.37. The van der Waals surface area contributed by atoms with Crippen LogP contribution in [-0.2, 0) is 6.42 Å². The quantitative estimate of drug-likeness (QED) is 0.715. The first-order chi connectivity index (χ1) is 7.16. The van der Waals surface area contributed by atoms with Gasteiger partial charge in [0.15, 0.2) is 0 Å². The molecule has 1 aromatic rings. The number of hydrogen-bond acceptors (Lipinski definition) is 0. The summed E-state index contributed by atoms with van der Waals surface area (Å²) in [5.74, 6) is 0.550. The molecule has 2 rings (SSSR count). The normalized spacial score (nSPS) is 17.8. The number of halogens is 3. The maximum absolute atomic E-state index is 13.4. The molecule has 0 amide bonds. The van der Waals surface area contributed by atoms with Crippen LogP contribution in [0, 0.1) is 11.7 Å². The topological polar surface area (TPSA) is 0 Å². The van der Waals surface area contributed by atoms with Gasteiger partial charge in [0.1, 0.15) is 5.82 Å². The van der Waals surface area contributed by atoms with Gasteiger partial charge in [0, 0.05) is 9.85 Å². The van der Waals surface area contributed by atoms with Gasteiger partial charge in [-0.1, -0.05) is 22.0 Å². The van der Waals surface area contributed by atoms with Crippen LogP contribution in [0.4, 0.5) is 4.39 Å². The van der Waals surface area contributed by atoms with Gasteiger partial charge < -0.3 is 0 Å². The molecule has 0 N–H and O–H groups in total. The zero-order valence-electron chi connectivity index (χ0n) is 8.35. The Hall–Kier alpha value is -0.0800. The zero-order chi connectivity index (χ0) is 10.8. The molecular weight excluding hydrogens is 278 g/mol. The van der Waals surface area contributed by atoms with Crippen molar-refractivity contribution in [1.29, 1.82) is 0 Å². The molecule has 82 valence electrons. The number of aryl methyl sites for hydroxylation is 1. The predicted molar refractivity (Wildman–Crippen MR) is 64.8 cm³/mol. The van der Waals surface area contributed by atoms with E-state index in [4.69, 9.17) is 11.6 Å². The molecule has 0 radical (unpaired) electrons. The Morgan fingerprint density at radius 2 is 2.20 bits per heavy atom. The molecule has 0 spiro atoms. The Morgan fingerprint density at radius 1 is 1.47 bits per heavy atom. The summed E-state index contributed by atoms with van der Waals surface area (Å²) in [6, 6.07) is 5.21. The summed E-state index contributed by atoms with van der Waals surface area (Å²) < 4.78 is 14.2. The lowest BCUT2D eigenvalue weighted by molar-refractivity contribution is 0.593. The van der Waals surface area contributed by atoms with E-state index in [-0.39, 0.29) is 11.2 Å². The molecule has 15 heavy (non-hydrogen) atoms. The van der Waals surface area contributed by atoms with Gasteiger partial charge in [-0.25, -0.2) is 4.39 Å². The molecular formula is C12H13BrClF. The fraction of sp³-hybridized carbons (Fsp3) is 0.500. The Labute approximate surface area is 103 Å². The Balaban J connectivity index is 1.92. The highest BCUT2D eigenvalue weighted by atomic mass is 79.9. The van der Waals surface area contributed by atoms with Crippen molar-refractivity contribution in [3.63, 3.8) is 0 Å². The monoisotopic (exact) mass is 290 g/mol. The van der Waals surface area contributed by atoms with Crippen LogP contribution in [0.5, 0.6) is 0 Å². The van der Waals surface area contributed by atoms with Gasteiger partial charge in [-0.15, -0.1) is 11.6 Å². The van der Waals surface area contributed by atoms with Crippen LogP contribution in [-0.4, -0.2) is 5.38 Å². The Bertz CT molecular complexity index is 349. The second kappa shape index (κ2) is 4.84. The second-order valence-corrected chi connectivity index (χ2v) is 5.60. The van der Waals surface area contributed by atoms with Gasteiger partial charge in [-0.2, -0.15) is 0 Å². The first-order valence-electron chi connectivity index (χ1n) is 5.25. The van der Waals surface area contributed by atoms with Crippen LogP contribution < -0.4 is 0 Å². The van der Waals surface area contributed by atoms with Gasteiger partial charge in [0.05, 0.1) is 0 Å². The summed E-state index contributed by atoms with van der Waals surface area (Å²) in [6.45, 7) is 0. The van der Waals surface area contributed by atoms with E-state index in [0.717, 1.165) is 22.9 Å². The lowest BCUT2D eigenvalue weighted by Crippen LogP contribution is -2.04. The van der Waals surface area contributed by atoms with Crippen molar-refractivity contribution in [3.05, 3.63) is 34.1 Å². The number of alkyl halides is 1. The average Bonchev–Trinajstić information content (AvgIpc) is 2.99. The van der Waals surface area contributed by atoms with E-state index in [0.29, 0.717) is 5.92 Å². The van der Waals surface area contributed by atoms with E-state index in [2.05, 4.69) is 15.9 Å². The van der Waals surface area contributed by atoms with Gasteiger partial charge in [0.25, 0.3) is 0 Å². The molecule has 1 aromatic carbocycles. The summed E-state index contributed by atoms with van der Waals surface area (Å²) in [6.07, 6.45) is 4.11. The smallest absolute Gasteiger partial charge is 0.127 e. The minimum absolute atomic E-state index is 0.135. The third-order valence-corrected chi connectivity index (χ3v) is 3.91. The third-order valence-electron chi connectivity index (χ3n) is 2.84. The van der Waals surface area contributed by atoms with Crippen LogP contribution >= 0.6 is 27.5 Å². The number of rotatable bonds is 4. The van der Waals surface area contributed by atoms with Crippen molar-refractivity contribution in [2.24, 2.45) is 5.92 Å². The van der Waals surface area contributed by atoms with E-state index in [9.17, 15) is 4.39 Å². The standard InChI is InChI=1S/C12H13BrClF/c13-10-5-3-9(12(15)7-10)4-6-11(14)8-1-2-8/h3,5,7-8,11H,1-2,4,6H2. The third kappa shape index (κ3) is 3.18. The summed E-state index contributed by atoms with van der Waals surface area (Å²) >= 11 is 9.42.